The second-order valence-electron chi connectivity index (χ2n) is 3.23. The van der Waals surface area contributed by atoms with Crippen molar-refractivity contribution in [3.63, 3.8) is 0 Å². The van der Waals surface area contributed by atoms with Crippen molar-refractivity contribution in [1.82, 2.24) is 4.98 Å². The van der Waals surface area contributed by atoms with Gasteiger partial charge in [-0.15, -0.1) is 0 Å². The van der Waals surface area contributed by atoms with Gasteiger partial charge in [-0.05, 0) is 11.6 Å². The summed E-state index contributed by atoms with van der Waals surface area (Å²) in [7, 11) is 0. The van der Waals surface area contributed by atoms with Gasteiger partial charge >= 0.3 is 5.97 Å². The molecule has 0 unspecified atom stereocenters. The number of aliphatic carboxylic acids is 1. The summed E-state index contributed by atoms with van der Waals surface area (Å²) in [4.78, 5) is 24.8. The Morgan fingerprint density at radius 1 is 1.44 bits per heavy atom. The highest BCUT2D eigenvalue weighted by molar-refractivity contribution is 5.76. The Bertz CT molecular complexity index is 410. The average molecular weight is 220 g/mol. The number of primary amides is 1. The Labute approximate surface area is 92.6 Å². The number of pyridine rings is 1. The summed E-state index contributed by atoms with van der Waals surface area (Å²) >= 11 is 0. The Balaban J connectivity index is 2.60. The molecule has 1 aromatic heterocycles. The smallest absolute Gasteiger partial charge is 0.309 e. The quantitative estimate of drug-likeness (QED) is 0.759. The molecule has 3 N–H and O–H groups in total. The van der Waals surface area contributed by atoms with E-state index in [4.69, 9.17) is 10.8 Å². The van der Waals surface area contributed by atoms with Gasteiger partial charge in [-0.25, -0.2) is 0 Å². The SMILES string of the molecule is NC(=O)CC=Cc1ccc(CC(=O)O)nc1. The van der Waals surface area contributed by atoms with Crippen LogP contribution in [0.15, 0.2) is 24.4 Å². The Morgan fingerprint density at radius 2 is 2.19 bits per heavy atom. The van der Waals surface area contributed by atoms with E-state index in [-0.39, 0.29) is 12.8 Å². The van der Waals surface area contributed by atoms with E-state index >= 15 is 0 Å². The van der Waals surface area contributed by atoms with Gasteiger partial charge in [0.05, 0.1) is 12.1 Å². The Hall–Kier alpha value is -2.17. The molecule has 1 rings (SSSR count). The molecule has 16 heavy (non-hydrogen) atoms. The van der Waals surface area contributed by atoms with Crippen LogP contribution in [0.4, 0.5) is 0 Å². The molecule has 1 heterocycles. The van der Waals surface area contributed by atoms with Gasteiger partial charge in [-0.2, -0.15) is 0 Å². The molecule has 0 bridgehead atoms. The molecule has 84 valence electrons. The lowest BCUT2D eigenvalue weighted by Gasteiger charge is -1.97. The first-order valence-corrected chi connectivity index (χ1v) is 4.69. The number of rotatable bonds is 5. The second kappa shape index (κ2) is 5.65. The van der Waals surface area contributed by atoms with Crippen molar-refractivity contribution in [2.24, 2.45) is 5.73 Å². The van der Waals surface area contributed by atoms with Gasteiger partial charge in [0, 0.05) is 12.6 Å². The van der Waals surface area contributed by atoms with E-state index in [2.05, 4.69) is 4.98 Å². The van der Waals surface area contributed by atoms with Crippen LogP contribution in [0.1, 0.15) is 17.7 Å². The molecule has 5 heteroatoms. The van der Waals surface area contributed by atoms with Crippen molar-refractivity contribution in [2.75, 3.05) is 0 Å². The number of aromatic nitrogens is 1. The van der Waals surface area contributed by atoms with Gasteiger partial charge in [0.2, 0.25) is 5.91 Å². The first-order valence-electron chi connectivity index (χ1n) is 4.69. The third kappa shape index (κ3) is 4.36. The molecule has 0 aromatic carbocycles. The normalized spacial score (nSPS) is 10.5. The molecule has 1 amide bonds. The van der Waals surface area contributed by atoms with Crippen LogP contribution in [0, 0.1) is 0 Å². The van der Waals surface area contributed by atoms with Crippen molar-refractivity contribution in [1.29, 1.82) is 0 Å². The average Bonchev–Trinajstić information content (AvgIpc) is 2.19. The largest absolute Gasteiger partial charge is 0.481 e. The van der Waals surface area contributed by atoms with Gasteiger partial charge in [0.25, 0.3) is 0 Å². The minimum Gasteiger partial charge on any atom is -0.481 e. The number of nitrogens with zero attached hydrogens (tertiary/aromatic N) is 1. The van der Waals surface area contributed by atoms with E-state index < -0.39 is 11.9 Å². The maximum absolute atomic E-state index is 10.5. The number of carboxylic acid groups (broad SMARTS) is 1. The fourth-order valence-electron chi connectivity index (χ4n) is 1.11. The number of carboxylic acids is 1. The third-order valence-corrected chi connectivity index (χ3v) is 1.81. The maximum Gasteiger partial charge on any atom is 0.309 e. The van der Waals surface area contributed by atoms with Gasteiger partial charge in [-0.1, -0.05) is 18.2 Å². The summed E-state index contributed by atoms with van der Waals surface area (Å²) in [5.41, 5.74) is 6.27. The highest BCUT2D eigenvalue weighted by Gasteiger charge is 2.00. The first kappa shape index (κ1) is 11.9. The van der Waals surface area contributed by atoms with Crippen LogP contribution in [0.2, 0.25) is 0 Å². The van der Waals surface area contributed by atoms with Gasteiger partial charge in [0.1, 0.15) is 0 Å². The van der Waals surface area contributed by atoms with E-state index in [1.165, 1.54) is 0 Å². The Kier molecular flexibility index (Phi) is 4.20. The van der Waals surface area contributed by atoms with Crippen LogP contribution in [0.3, 0.4) is 0 Å². The highest BCUT2D eigenvalue weighted by Crippen LogP contribution is 2.03. The van der Waals surface area contributed by atoms with E-state index in [0.29, 0.717) is 5.69 Å². The molecule has 0 aliphatic rings. The van der Waals surface area contributed by atoms with Crippen LogP contribution in [0.5, 0.6) is 0 Å². The third-order valence-electron chi connectivity index (χ3n) is 1.81. The molecular weight excluding hydrogens is 208 g/mol. The van der Waals surface area contributed by atoms with Crippen molar-refractivity contribution in [3.8, 4) is 0 Å². The van der Waals surface area contributed by atoms with E-state index in [0.717, 1.165) is 5.56 Å². The highest BCUT2D eigenvalue weighted by atomic mass is 16.4. The maximum atomic E-state index is 10.5. The predicted octanol–water partition coefficient (Wildman–Crippen LogP) is 0.597. The number of hydrogen-bond acceptors (Lipinski definition) is 3. The van der Waals surface area contributed by atoms with E-state index in [1.807, 2.05) is 0 Å². The minimum absolute atomic E-state index is 0.0920. The summed E-state index contributed by atoms with van der Waals surface area (Å²) in [6.45, 7) is 0. The molecule has 0 radical (unpaired) electrons. The van der Waals surface area contributed by atoms with Crippen LogP contribution in [-0.2, 0) is 16.0 Å². The molecule has 0 atom stereocenters. The standard InChI is InChI=1S/C11H12N2O3/c12-10(14)3-1-2-8-4-5-9(13-7-8)6-11(15)16/h1-2,4-5,7H,3,6H2,(H2,12,14)(H,15,16). The minimum atomic E-state index is -0.912. The lowest BCUT2D eigenvalue weighted by Crippen LogP contribution is -2.07. The molecule has 0 aliphatic carbocycles. The number of carbonyl (C=O) groups is 2. The van der Waals surface area contributed by atoms with Crippen LogP contribution in [-0.4, -0.2) is 22.0 Å². The lowest BCUT2D eigenvalue weighted by atomic mass is 10.2. The summed E-state index contributed by atoms with van der Waals surface area (Å²) in [6, 6.07) is 3.38. The van der Waals surface area contributed by atoms with Gasteiger partial charge in [0.15, 0.2) is 0 Å². The van der Waals surface area contributed by atoms with Crippen molar-refractivity contribution >= 4 is 18.0 Å². The second-order valence-corrected chi connectivity index (χ2v) is 3.23. The van der Waals surface area contributed by atoms with Crippen molar-refractivity contribution in [2.45, 2.75) is 12.8 Å². The molecule has 0 aliphatic heterocycles. The monoisotopic (exact) mass is 220 g/mol. The zero-order valence-electron chi connectivity index (χ0n) is 8.59. The van der Waals surface area contributed by atoms with E-state index in [9.17, 15) is 9.59 Å². The van der Waals surface area contributed by atoms with Crippen molar-refractivity contribution < 1.29 is 14.7 Å². The summed E-state index contributed by atoms with van der Waals surface area (Å²) < 4.78 is 0. The summed E-state index contributed by atoms with van der Waals surface area (Å²) in [5.74, 6) is -1.31. The molecule has 0 saturated carbocycles. The van der Waals surface area contributed by atoms with E-state index in [1.54, 1.807) is 30.5 Å². The topological polar surface area (TPSA) is 93.3 Å². The molecule has 0 saturated heterocycles. The first-order chi connectivity index (χ1) is 7.58. The Morgan fingerprint density at radius 3 is 2.69 bits per heavy atom. The predicted molar refractivity (Wildman–Crippen MR) is 58.4 cm³/mol. The zero-order chi connectivity index (χ0) is 12.0. The summed E-state index contributed by atoms with van der Waals surface area (Å²) in [6.07, 6.45) is 4.98. The van der Waals surface area contributed by atoms with Crippen LogP contribution in [0.25, 0.3) is 6.08 Å². The lowest BCUT2D eigenvalue weighted by molar-refractivity contribution is -0.136. The fourth-order valence-corrected chi connectivity index (χ4v) is 1.11. The number of nitrogens with two attached hydrogens (primary N) is 1. The zero-order valence-corrected chi connectivity index (χ0v) is 8.59. The fraction of sp³-hybridized carbons (Fsp3) is 0.182. The molecule has 0 spiro atoms. The molecule has 0 fully saturated rings. The van der Waals surface area contributed by atoms with Crippen molar-refractivity contribution in [3.05, 3.63) is 35.7 Å². The number of hydrogen-bond donors (Lipinski definition) is 2. The van der Waals surface area contributed by atoms with Gasteiger partial charge < -0.3 is 10.8 Å². The van der Waals surface area contributed by atoms with Gasteiger partial charge in [-0.3, -0.25) is 14.6 Å². The van der Waals surface area contributed by atoms with Crippen LogP contribution >= 0.6 is 0 Å². The molecule has 1 aromatic rings. The number of carbonyl (C=O) groups excluding carboxylic acids is 1. The summed E-state index contributed by atoms with van der Waals surface area (Å²) in [5, 5.41) is 8.53. The van der Waals surface area contributed by atoms with Crippen LogP contribution < -0.4 is 5.73 Å². The number of amides is 1. The molecule has 5 nitrogen and oxygen atoms in total. The molecular formula is C11H12N2O3.